The van der Waals surface area contributed by atoms with Crippen molar-refractivity contribution >= 4 is 23.1 Å². The number of alkyl halides is 3. The molecule has 0 aliphatic heterocycles. The molecule has 0 fully saturated rings. The number of aryl methyl sites for hydroxylation is 2. The number of nitrogens with zero attached hydrogens (tertiary/aromatic N) is 4. The van der Waals surface area contributed by atoms with Gasteiger partial charge in [0.15, 0.2) is 6.10 Å². The molecule has 0 bridgehead atoms. The third-order valence-corrected chi connectivity index (χ3v) is 5.53. The number of rotatable bonds is 5. The lowest BCUT2D eigenvalue weighted by atomic mass is 10.1. The molecule has 1 unspecified atom stereocenters. The van der Waals surface area contributed by atoms with E-state index in [4.69, 9.17) is 5.73 Å². The van der Waals surface area contributed by atoms with Crippen LogP contribution in [0.5, 0.6) is 0 Å². The number of amides is 1. The molecule has 3 aromatic heterocycles. The van der Waals surface area contributed by atoms with Crippen LogP contribution in [0.15, 0.2) is 42.6 Å². The summed E-state index contributed by atoms with van der Waals surface area (Å²) < 4.78 is 40.1. The van der Waals surface area contributed by atoms with Crippen LogP contribution in [-0.4, -0.2) is 45.7 Å². The van der Waals surface area contributed by atoms with Gasteiger partial charge >= 0.3 is 12.1 Å². The number of halogens is 3. The topological polar surface area (TPSA) is 179 Å². The number of anilines is 2. The number of nitrogen functional groups attached to an aromatic ring is 1. The predicted octanol–water partition coefficient (Wildman–Crippen LogP) is 1.77. The summed E-state index contributed by atoms with van der Waals surface area (Å²) in [4.78, 5) is 24.9. The number of pyridine rings is 1. The van der Waals surface area contributed by atoms with Gasteiger partial charge < -0.3 is 31.5 Å². The Morgan fingerprint density at radius 1 is 1.11 bits per heavy atom. The lowest BCUT2D eigenvalue weighted by molar-refractivity contribution is -0.329. The SMILES string of the molecule is Cc1nc(NC(=O)C(O)c2cccc(C(F)(F)F)c2)ccc1-c1nc(C(O)(O)O)n2c(C)cnc(N)c12. The van der Waals surface area contributed by atoms with Crippen LogP contribution in [0.4, 0.5) is 24.8 Å². The van der Waals surface area contributed by atoms with Gasteiger partial charge in [0, 0.05) is 23.1 Å². The molecule has 3 heterocycles. The summed E-state index contributed by atoms with van der Waals surface area (Å²) in [5.41, 5.74) is 6.01. The van der Waals surface area contributed by atoms with Crippen molar-refractivity contribution in [2.75, 3.05) is 11.1 Å². The van der Waals surface area contributed by atoms with Crippen LogP contribution < -0.4 is 11.1 Å². The number of aliphatic hydroxyl groups is 4. The van der Waals surface area contributed by atoms with Crippen LogP contribution in [-0.2, 0) is 16.9 Å². The van der Waals surface area contributed by atoms with Crippen molar-refractivity contribution in [1.82, 2.24) is 19.4 Å². The summed E-state index contributed by atoms with van der Waals surface area (Å²) >= 11 is 0. The molecule has 4 aromatic rings. The molecule has 37 heavy (non-hydrogen) atoms. The van der Waals surface area contributed by atoms with E-state index in [0.717, 1.165) is 12.1 Å². The Balaban J connectivity index is 1.67. The molecule has 1 aromatic carbocycles. The molecule has 0 spiro atoms. The van der Waals surface area contributed by atoms with Gasteiger partial charge in [-0.1, -0.05) is 12.1 Å². The van der Waals surface area contributed by atoms with Crippen molar-refractivity contribution in [3.05, 3.63) is 70.9 Å². The highest BCUT2D eigenvalue weighted by Crippen LogP contribution is 2.34. The van der Waals surface area contributed by atoms with Crippen LogP contribution in [0, 0.1) is 13.8 Å². The second-order valence-corrected chi connectivity index (χ2v) is 8.23. The molecule has 0 aliphatic rings. The fourth-order valence-corrected chi connectivity index (χ4v) is 3.81. The number of aliphatic hydroxyl groups excluding tert-OH is 1. The zero-order valence-electron chi connectivity index (χ0n) is 19.3. The molecule has 4 rings (SSSR count). The Morgan fingerprint density at radius 2 is 1.81 bits per heavy atom. The van der Waals surface area contributed by atoms with E-state index < -0.39 is 35.5 Å². The Bertz CT molecular complexity index is 1510. The van der Waals surface area contributed by atoms with E-state index in [1.165, 1.54) is 28.8 Å². The number of carbonyl (C=O) groups excluding carboxylic acids is 1. The molecule has 0 saturated carbocycles. The van der Waals surface area contributed by atoms with Crippen LogP contribution in [0.2, 0.25) is 0 Å². The van der Waals surface area contributed by atoms with Gasteiger partial charge in [-0.05, 0) is 43.7 Å². The first-order valence-electron chi connectivity index (χ1n) is 10.6. The number of fused-ring (bicyclic) bond motifs is 1. The van der Waals surface area contributed by atoms with E-state index in [9.17, 15) is 38.4 Å². The molecular weight excluding hydrogens is 497 g/mol. The third-order valence-electron chi connectivity index (χ3n) is 5.53. The Labute approximate surface area is 206 Å². The number of carbonyl (C=O) groups is 1. The van der Waals surface area contributed by atoms with Gasteiger partial charge in [0.05, 0.1) is 5.56 Å². The molecular formula is C23H21F3N6O5. The van der Waals surface area contributed by atoms with Gasteiger partial charge in [-0.2, -0.15) is 13.2 Å². The summed E-state index contributed by atoms with van der Waals surface area (Å²) in [6, 6.07) is 6.58. The fraction of sp³-hybridized carbons (Fsp3) is 0.217. The van der Waals surface area contributed by atoms with Crippen molar-refractivity contribution in [1.29, 1.82) is 0 Å². The Hall–Kier alpha value is -4.11. The number of imidazole rings is 1. The minimum absolute atomic E-state index is 0.0235. The number of benzene rings is 1. The van der Waals surface area contributed by atoms with E-state index in [1.54, 1.807) is 13.8 Å². The largest absolute Gasteiger partial charge is 0.416 e. The lowest BCUT2D eigenvalue weighted by Crippen LogP contribution is -2.27. The minimum Gasteiger partial charge on any atom is -0.382 e. The summed E-state index contributed by atoms with van der Waals surface area (Å²) in [5, 5.41) is 42.0. The normalized spacial score (nSPS) is 13.1. The van der Waals surface area contributed by atoms with Gasteiger partial charge in [-0.3, -0.25) is 9.20 Å². The summed E-state index contributed by atoms with van der Waals surface area (Å²) in [5.74, 6) is -4.89. The van der Waals surface area contributed by atoms with Crippen molar-refractivity contribution in [3.8, 4) is 11.3 Å². The second kappa shape index (κ2) is 9.08. The van der Waals surface area contributed by atoms with Gasteiger partial charge in [0.25, 0.3) is 5.91 Å². The predicted molar refractivity (Wildman–Crippen MR) is 123 cm³/mol. The van der Waals surface area contributed by atoms with E-state index >= 15 is 0 Å². The maximum atomic E-state index is 13.0. The maximum absolute atomic E-state index is 13.0. The number of hydrogen-bond donors (Lipinski definition) is 6. The molecule has 0 saturated heterocycles. The zero-order chi connectivity index (χ0) is 27.3. The molecule has 1 amide bonds. The summed E-state index contributed by atoms with van der Waals surface area (Å²) in [6.45, 7) is 3.13. The minimum atomic E-state index is -4.64. The summed E-state index contributed by atoms with van der Waals surface area (Å²) in [6.07, 6.45) is -5.19. The van der Waals surface area contributed by atoms with Gasteiger partial charge in [-0.15, -0.1) is 0 Å². The molecule has 7 N–H and O–H groups in total. The Kier molecular flexibility index (Phi) is 6.37. The van der Waals surface area contributed by atoms with Crippen molar-refractivity contribution < 1.29 is 38.4 Å². The van der Waals surface area contributed by atoms with Crippen LogP contribution in [0.25, 0.3) is 16.8 Å². The highest BCUT2D eigenvalue weighted by molar-refractivity contribution is 5.94. The van der Waals surface area contributed by atoms with Gasteiger partial charge in [-0.25, -0.2) is 15.0 Å². The molecule has 0 radical (unpaired) electrons. The van der Waals surface area contributed by atoms with Crippen LogP contribution in [0.3, 0.4) is 0 Å². The smallest absolute Gasteiger partial charge is 0.382 e. The van der Waals surface area contributed by atoms with E-state index in [0.29, 0.717) is 17.3 Å². The van der Waals surface area contributed by atoms with Crippen molar-refractivity contribution in [2.45, 2.75) is 32.1 Å². The fourth-order valence-electron chi connectivity index (χ4n) is 3.81. The van der Waals surface area contributed by atoms with E-state index in [-0.39, 0.29) is 34.1 Å². The van der Waals surface area contributed by atoms with Crippen molar-refractivity contribution in [2.24, 2.45) is 0 Å². The average molecular weight is 518 g/mol. The second-order valence-electron chi connectivity index (χ2n) is 8.23. The van der Waals surface area contributed by atoms with Crippen molar-refractivity contribution in [3.63, 3.8) is 0 Å². The molecule has 0 aliphatic carbocycles. The highest BCUT2D eigenvalue weighted by atomic mass is 19.4. The molecule has 194 valence electrons. The van der Waals surface area contributed by atoms with Crippen LogP contribution >= 0.6 is 0 Å². The molecule has 14 heteroatoms. The quantitative estimate of drug-likeness (QED) is 0.215. The maximum Gasteiger partial charge on any atom is 0.416 e. The first-order chi connectivity index (χ1) is 17.2. The monoisotopic (exact) mass is 518 g/mol. The highest BCUT2D eigenvalue weighted by Gasteiger charge is 2.33. The number of hydrogen-bond acceptors (Lipinski definition) is 9. The summed E-state index contributed by atoms with van der Waals surface area (Å²) in [7, 11) is 0. The number of nitrogens with one attached hydrogen (secondary N) is 1. The van der Waals surface area contributed by atoms with Crippen LogP contribution in [0.1, 0.15) is 34.4 Å². The first kappa shape index (κ1) is 26.0. The molecule has 1 atom stereocenters. The standard InChI is InChI=1S/C23H21F3N6O5/c1-10-9-28-19(27)17-16(31-21(32(10)17)23(35,36)37)14-6-7-15(29-11(14)2)30-20(34)18(33)12-4-3-5-13(8-12)22(24,25)26/h3-9,18,33,35-37H,1-2H3,(H2,27,28)(H,29,30,34). The third kappa shape index (κ3) is 4.95. The average Bonchev–Trinajstić information content (AvgIpc) is 3.23. The first-order valence-corrected chi connectivity index (χ1v) is 10.6. The number of aromatic nitrogens is 4. The van der Waals surface area contributed by atoms with E-state index in [2.05, 4.69) is 20.3 Å². The molecule has 11 nitrogen and oxygen atoms in total. The number of nitrogens with two attached hydrogens (primary N) is 1. The lowest BCUT2D eigenvalue weighted by Gasteiger charge is -2.14. The van der Waals surface area contributed by atoms with Gasteiger partial charge in [0.2, 0.25) is 5.82 Å². The van der Waals surface area contributed by atoms with Gasteiger partial charge in [0.1, 0.15) is 22.8 Å². The van der Waals surface area contributed by atoms with E-state index in [1.807, 2.05) is 0 Å². The zero-order valence-corrected chi connectivity index (χ0v) is 19.3. The Morgan fingerprint density at radius 3 is 2.43 bits per heavy atom.